The number of nitrogens with one attached hydrogen (secondary N) is 2. The molecule has 2 aromatic rings. The Morgan fingerprint density at radius 1 is 1.03 bits per heavy atom. The number of carbonyl (C=O) groups is 2. The minimum atomic E-state index is -3.84. The van der Waals surface area contributed by atoms with Gasteiger partial charge in [0.25, 0.3) is 5.91 Å². The van der Waals surface area contributed by atoms with Crippen molar-refractivity contribution in [3.05, 3.63) is 65.2 Å². The van der Waals surface area contributed by atoms with Crippen molar-refractivity contribution in [3.8, 4) is 0 Å². The van der Waals surface area contributed by atoms with Gasteiger partial charge < -0.3 is 10.1 Å². The molecule has 0 saturated carbocycles. The van der Waals surface area contributed by atoms with Gasteiger partial charge >= 0.3 is 5.97 Å². The van der Waals surface area contributed by atoms with Crippen molar-refractivity contribution < 1.29 is 22.7 Å². The van der Waals surface area contributed by atoms with E-state index in [2.05, 4.69) is 10.0 Å². The summed E-state index contributed by atoms with van der Waals surface area (Å²) in [6, 6.07) is 13.3. The van der Waals surface area contributed by atoms with E-state index < -0.39 is 28.0 Å². The van der Waals surface area contributed by atoms with Crippen molar-refractivity contribution >= 4 is 21.9 Å². The average Bonchev–Trinajstić information content (AvgIpc) is 2.66. The zero-order valence-electron chi connectivity index (χ0n) is 16.9. The molecule has 156 valence electrons. The lowest BCUT2D eigenvalue weighted by Gasteiger charge is -2.16. The van der Waals surface area contributed by atoms with Crippen molar-refractivity contribution in [2.24, 2.45) is 0 Å². The molecule has 0 aliphatic heterocycles. The molecule has 0 aliphatic rings. The molecule has 2 rings (SSSR count). The van der Waals surface area contributed by atoms with Crippen LogP contribution in [0.15, 0.2) is 53.4 Å². The minimum absolute atomic E-state index is 0.0119. The minimum Gasteiger partial charge on any atom is -0.449 e. The Morgan fingerprint density at radius 3 is 2.31 bits per heavy atom. The zero-order valence-corrected chi connectivity index (χ0v) is 17.7. The van der Waals surface area contributed by atoms with E-state index in [0.717, 1.165) is 5.56 Å². The first kappa shape index (κ1) is 22.6. The molecule has 1 amide bonds. The molecule has 2 N–H and O–H groups in total. The number of ether oxygens (including phenoxy) is 1. The van der Waals surface area contributed by atoms with Crippen LogP contribution in [0.4, 0.5) is 0 Å². The predicted molar refractivity (Wildman–Crippen MR) is 110 cm³/mol. The van der Waals surface area contributed by atoms with Crippen LogP contribution in [-0.4, -0.2) is 32.4 Å². The van der Waals surface area contributed by atoms with Crippen molar-refractivity contribution in [2.75, 3.05) is 0 Å². The Hall–Kier alpha value is -2.71. The van der Waals surface area contributed by atoms with Crippen molar-refractivity contribution in [1.29, 1.82) is 0 Å². The second-order valence-corrected chi connectivity index (χ2v) is 8.74. The lowest BCUT2D eigenvalue weighted by Crippen LogP contribution is -2.39. The molecule has 1 atom stereocenters. The summed E-state index contributed by atoms with van der Waals surface area (Å²) in [4.78, 5) is 24.3. The largest absolute Gasteiger partial charge is 0.449 e. The van der Waals surface area contributed by atoms with Gasteiger partial charge in [-0.05, 0) is 51.0 Å². The van der Waals surface area contributed by atoms with Crippen LogP contribution in [0, 0.1) is 6.92 Å². The summed E-state index contributed by atoms with van der Waals surface area (Å²) in [6.07, 6.45) is -0.998. The fraction of sp³-hybridized carbons (Fsp3) is 0.333. The maximum absolute atomic E-state index is 12.7. The molecule has 0 bridgehead atoms. The predicted octanol–water partition coefficient (Wildman–Crippen LogP) is 2.54. The normalized spacial score (nSPS) is 12.4. The average molecular weight is 419 g/mol. The Bertz CT molecular complexity index is 972. The standard InChI is InChI=1S/C21H26N2O5S/c1-14(2)23-20(24)16(4)28-21(25)18-11-10-15(3)19(12-18)29(26,27)22-13-17-8-6-5-7-9-17/h5-12,14,16,22H,13H2,1-4H3,(H,23,24)/t16-/m1/s1. The first-order valence-electron chi connectivity index (χ1n) is 9.25. The van der Waals surface area contributed by atoms with Crippen LogP contribution < -0.4 is 10.0 Å². The number of hydrogen-bond acceptors (Lipinski definition) is 5. The molecule has 0 heterocycles. The topological polar surface area (TPSA) is 102 Å². The maximum Gasteiger partial charge on any atom is 0.338 e. The van der Waals surface area contributed by atoms with Crippen LogP contribution >= 0.6 is 0 Å². The van der Waals surface area contributed by atoms with Crippen LogP contribution in [0.1, 0.15) is 42.3 Å². The van der Waals surface area contributed by atoms with Crippen LogP contribution in [0.2, 0.25) is 0 Å². The zero-order chi connectivity index (χ0) is 21.6. The number of rotatable bonds is 8. The summed E-state index contributed by atoms with van der Waals surface area (Å²) in [5.74, 6) is -1.19. The summed E-state index contributed by atoms with van der Waals surface area (Å²) in [5, 5.41) is 2.65. The molecule has 8 heteroatoms. The van der Waals surface area contributed by atoms with E-state index in [1.807, 2.05) is 30.3 Å². The molecule has 0 saturated heterocycles. The SMILES string of the molecule is Cc1ccc(C(=O)O[C@H](C)C(=O)NC(C)C)cc1S(=O)(=O)NCc1ccccc1. The van der Waals surface area contributed by atoms with Gasteiger partial charge in [-0.25, -0.2) is 17.9 Å². The summed E-state index contributed by atoms with van der Waals surface area (Å²) >= 11 is 0. The van der Waals surface area contributed by atoms with E-state index in [1.54, 1.807) is 20.8 Å². The first-order chi connectivity index (χ1) is 13.6. The third-order valence-electron chi connectivity index (χ3n) is 4.11. The Morgan fingerprint density at radius 2 is 1.69 bits per heavy atom. The van der Waals surface area contributed by atoms with E-state index in [9.17, 15) is 18.0 Å². The van der Waals surface area contributed by atoms with E-state index in [0.29, 0.717) is 5.56 Å². The van der Waals surface area contributed by atoms with Gasteiger partial charge in [0.05, 0.1) is 10.5 Å². The molecule has 0 aliphatic carbocycles. The molecule has 0 fully saturated rings. The highest BCUT2D eigenvalue weighted by molar-refractivity contribution is 7.89. The van der Waals surface area contributed by atoms with Crippen LogP contribution in [0.25, 0.3) is 0 Å². The van der Waals surface area contributed by atoms with Crippen LogP contribution in [0.3, 0.4) is 0 Å². The van der Waals surface area contributed by atoms with Gasteiger partial charge in [-0.2, -0.15) is 0 Å². The molecular formula is C21H26N2O5S. The molecule has 0 unspecified atom stereocenters. The molecule has 0 spiro atoms. The molecular weight excluding hydrogens is 392 g/mol. The number of amides is 1. The lowest BCUT2D eigenvalue weighted by atomic mass is 10.1. The first-order valence-corrected chi connectivity index (χ1v) is 10.7. The summed E-state index contributed by atoms with van der Waals surface area (Å²) < 4.78 is 33.2. The molecule has 7 nitrogen and oxygen atoms in total. The summed E-state index contributed by atoms with van der Waals surface area (Å²) in [7, 11) is -3.84. The molecule has 29 heavy (non-hydrogen) atoms. The third kappa shape index (κ3) is 6.40. The Kier molecular flexibility index (Phi) is 7.53. The summed E-state index contributed by atoms with van der Waals surface area (Å²) in [5.41, 5.74) is 1.36. The van der Waals surface area contributed by atoms with Crippen molar-refractivity contribution in [1.82, 2.24) is 10.0 Å². The van der Waals surface area contributed by atoms with Crippen molar-refractivity contribution in [3.63, 3.8) is 0 Å². The lowest BCUT2D eigenvalue weighted by molar-refractivity contribution is -0.129. The van der Waals surface area contributed by atoms with E-state index >= 15 is 0 Å². The third-order valence-corrected chi connectivity index (χ3v) is 5.65. The number of carbonyl (C=O) groups excluding carboxylic acids is 2. The highest BCUT2D eigenvalue weighted by Crippen LogP contribution is 2.18. The summed E-state index contributed by atoms with van der Waals surface area (Å²) in [6.45, 7) is 6.83. The number of hydrogen-bond donors (Lipinski definition) is 2. The van der Waals surface area contributed by atoms with Gasteiger partial charge in [0.2, 0.25) is 10.0 Å². The van der Waals surface area contributed by atoms with E-state index in [4.69, 9.17) is 4.74 Å². The molecule has 0 aromatic heterocycles. The fourth-order valence-electron chi connectivity index (χ4n) is 2.55. The second kappa shape index (κ2) is 9.67. The number of aryl methyl sites for hydroxylation is 1. The van der Waals surface area contributed by atoms with Crippen LogP contribution in [0.5, 0.6) is 0 Å². The highest BCUT2D eigenvalue weighted by Gasteiger charge is 2.22. The molecule has 0 radical (unpaired) electrons. The highest BCUT2D eigenvalue weighted by atomic mass is 32.2. The second-order valence-electron chi connectivity index (χ2n) is 7.00. The smallest absolute Gasteiger partial charge is 0.338 e. The monoisotopic (exact) mass is 418 g/mol. The maximum atomic E-state index is 12.7. The van der Waals surface area contributed by atoms with Crippen molar-refractivity contribution in [2.45, 2.75) is 51.3 Å². The van der Waals surface area contributed by atoms with Crippen LogP contribution in [-0.2, 0) is 26.1 Å². The number of esters is 1. The number of benzene rings is 2. The quantitative estimate of drug-likeness (QED) is 0.642. The molecule has 2 aromatic carbocycles. The number of sulfonamides is 1. The van der Waals surface area contributed by atoms with Gasteiger partial charge in [0.15, 0.2) is 6.10 Å². The van der Waals surface area contributed by atoms with Gasteiger partial charge in [0.1, 0.15) is 0 Å². The van der Waals surface area contributed by atoms with Gasteiger partial charge in [-0.3, -0.25) is 4.79 Å². The fourth-order valence-corrected chi connectivity index (χ4v) is 3.84. The Labute approximate surface area is 171 Å². The van der Waals surface area contributed by atoms with E-state index in [1.165, 1.54) is 25.1 Å². The Balaban J connectivity index is 2.15. The van der Waals surface area contributed by atoms with Gasteiger partial charge in [-0.15, -0.1) is 0 Å². The van der Waals surface area contributed by atoms with E-state index in [-0.39, 0.29) is 23.0 Å². The van der Waals surface area contributed by atoms with Gasteiger partial charge in [-0.1, -0.05) is 36.4 Å². The van der Waals surface area contributed by atoms with Gasteiger partial charge in [0, 0.05) is 12.6 Å².